The Labute approximate surface area is 333 Å². The lowest BCUT2D eigenvalue weighted by Gasteiger charge is -2.29. The first-order chi connectivity index (χ1) is 27.1. The van der Waals surface area contributed by atoms with Gasteiger partial charge in [0, 0.05) is 42.0 Å². The average Bonchev–Trinajstić information content (AvgIpc) is 3.68. The molecule has 1 fully saturated rings. The Morgan fingerprint density at radius 3 is 2.14 bits per heavy atom. The molecule has 1 heterocycles. The van der Waals surface area contributed by atoms with Gasteiger partial charge in [-0.25, -0.2) is 0 Å². The number of benzene rings is 2. The average molecular weight is 789 g/mol. The molecule has 4 rings (SSSR count). The summed E-state index contributed by atoms with van der Waals surface area (Å²) in [6, 6.07) is 7.48. The van der Waals surface area contributed by atoms with E-state index >= 15 is 0 Å². The molecule has 0 spiro atoms. The van der Waals surface area contributed by atoms with E-state index in [0.717, 1.165) is 0 Å². The van der Waals surface area contributed by atoms with Crippen LogP contribution in [0.25, 0.3) is 0 Å². The lowest BCUT2D eigenvalue weighted by atomic mass is 9.83. The Morgan fingerprint density at radius 2 is 1.47 bits per heavy atom. The Hall–Kier alpha value is -5.64. The molecule has 0 bridgehead atoms. The second kappa shape index (κ2) is 20.5. The number of carbonyl (C=O) groups excluding carboxylic acids is 8. The van der Waals surface area contributed by atoms with Gasteiger partial charge in [-0.2, -0.15) is 0 Å². The van der Waals surface area contributed by atoms with Crippen molar-refractivity contribution in [3.05, 3.63) is 64.7 Å². The zero-order valence-electron chi connectivity index (χ0n) is 33.4. The molecule has 1 aliphatic heterocycles. The van der Waals surface area contributed by atoms with Gasteiger partial charge in [0.1, 0.15) is 24.2 Å². The highest BCUT2D eigenvalue weighted by molar-refractivity contribution is 6.30. The SMILES string of the molecule is CCC[C@H](NC(=O)[C@H](C)NC(=O)[C@H](C)N)C(=O)NCC(=O)N[C@@H](CC(C)C)C(=O)N1CCC[C@H]1C(=O)NCCCNc1cccc2c1C(=O)c1ccccc1C2=O. The van der Waals surface area contributed by atoms with Crippen molar-refractivity contribution in [1.82, 2.24) is 31.5 Å². The van der Waals surface area contributed by atoms with Crippen LogP contribution in [0.5, 0.6) is 0 Å². The standard InChI is InChI=1S/C41H56N8O8/c1-6-12-30(48-38(54)25(5)46-37(53)24(4)42)39(55)45-22-33(50)47-31(21-23(2)3)41(57)49-20-10-17-32(49)40(56)44-19-11-18-43-29-16-9-15-28-34(29)36(52)27-14-8-7-13-26(27)35(28)51/h7-9,13-16,23-25,30-32,43H,6,10-12,17-22,42H2,1-5H3,(H,44,56)(H,45,55)(H,46,53)(H,47,50)(H,48,54)/t24-,25-,30-,31-,32-/m0/s1. The molecule has 16 heteroatoms. The molecular formula is C41H56N8O8. The van der Waals surface area contributed by atoms with Gasteiger partial charge in [0.05, 0.1) is 18.2 Å². The first-order valence-corrected chi connectivity index (χ1v) is 19.7. The monoisotopic (exact) mass is 788 g/mol. The number of amides is 6. The minimum atomic E-state index is -0.964. The van der Waals surface area contributed by atoms with Crippen LogP contribution >= 0.6 is 0 Å². The largest absolute Gasteiger partial charge is 0.384 e. The fourth-order valence-electron chi connectivity index (χ4n) is 6.93. The fraction of sp³-hybridized carbons (Fsp3) is 0.512. The quantitative estimate of drug-likeness (QED) is 0.0856. The summed E-state index contributed by atoms with van der Waals surface area (Å²) in [4.78, 5) is 106. The van der Waals surface area contributed by atoms with Crippen LogP contribution in [0.4, 0.5) is 5.69 Å². The molecule has 0 unspecified atom stereocenters. The van der Waals surface area contributed by atoms with Crippen molar-refractivity contribution in [2.24, 2.45) is 11.7 Å². The van der Waals surface area contributed by atoms with Crippen molar-refractivity contribution in [3.8, 4) is 0 Å². The van der Waals surface area contributed by atoms with Gasteiger partial charge in [-0.1, -0.05) is 63.6 Å². The summed E-state index contributed by atoms with van der Waals surface area (Å²) >= 11 is 0. The van der Waals surface area contributed by atoms with E-state index in [4.69, 9.17) is 5.73 Å². The summed E-state index contributed by atoms with van der Waals surface area (Å²) in [5.41, 5.74) is 7.52. The van der Waals surface area contributed by atoms with Crippen molar-refractivity contribution in [2.45, 2.75) is 103 Å². The molecule has 8 N–H and O–H groups in total. The summed E-state index contributed by atoms with van der Waals surface area (Å²) < 4.78 is 0. The van der Waals surface area contributed by atoms with Gasteiger partial charge in [-0.05, 0) is 57.9 Å². The van der Waals surface area contributed by atoms with Gasteiger partial charge in [-0.3, -0.25) is 38.4 Å². The zero-order valence-corrected chi connectivity index (χ0v) is 33.4. The van der Waals surface area contributed by atoms with Crippen molar-refractivity contribution < 1.29 is 38.4 Å². The van der Waals surface area contributed by atoms with Crippen LogP contribution in [-0.4, -0.2) is 108 Å². The highest BCUT2D eigenvalue weighted by Crippen LogP contribution is 2.32. The van der Waals surface area contributed by atoms with Gasteiger partial charge in [0.2, 0.25) is 35.4 Å². The summed E-state index contributed by atoms with van der Waals surface area (Å²) in [6.45, 7) is 9.19. The maximum absolute atomic E-state index is 13.8. The number of nitrogens with one attached hydrogen (secondary N) is 6. The molecule has 2 aliphatic rings. The fourth-order valence-corrected chi connectivity index (χ4v) is 6.93. The smallest absolute Gasteiger partial charge is 0.245 e. The van der Waals surface area contributed by atoms with Crippen LogP contribution in [0.15, 0.2) is 42.5 Å². The van der Waals surface area contributed by atoms with Crippen LogP contribution in [-0.2, 0) is 28.8 Å². The number of hydrogen-bond donors (Lipinski definition) is 7. The van der Waals surface area contributed by atoms with E-state index in [9.17, 15) is 38.4 Å². The predicted octanol–water partition coefficient (Wildman–Crippen LogP) is 1.16. The van der Waals surface area contributed by atoms with E-state index in [1.54, 1.807) is 42.5 Å². The van der Waals surface area contributed by atoms with Gasteiger partial charge < -0.3 is 42.5 Å². The molecule has 308 valence electrons. The van der Waals surface area contributed by atoms with Gasteiger partial charge in [0.25, 0.3) is 0 Å². The van der Waals surface area contributed by atoms with Gasteiger partial charge >= 0.3 is 0 Å². The zero-order chi connectivity index (χ0) is 41.8. The topological polar surface area (TPSA) is 238 Å². The number of nitrogens with two attached hydrogens (primary N) is 1. The van der Waals surface area contributed by atoms with E-state index in [1.807, 2.05) is 20.8 Å². The second-order valence-electron chi connectivity index (χ2n) is 15.0. The molecule has 2 aromatic rings. The van der Waals surface area contributed by atoms with Crippen molar-refractivity contribution >= 4 is 52.7 Å². The molecule has 0 aromatic heterocycles. The van der Waals surface area contributed by atoms with Crippen molar-refractivity contribution in [2.75, 3.05) is 31.5 Å². The number of likely N-dealkylation sites (tertiary alicyclic amines) is 1. The molecule has 57 heavy (non-hydrogen) atoms. The van der Waals surface area contributed by atoms with E-state index in [2.05, 4.69) is 31.9 Å². The van der Waals surface area contributed by atoms with E-state index in [1.165, 1.54) is 18.7 Å². The summed E-state index contributed by atoms with van der Waals surface area (Å²) in [6.07, 6.45) is 2.70. The summed E-state index contributed by atoms with van der Waals surface area (Å²) in [5.74, 6) is -3.42. The molecule has 5 atom stereocenters. The van der Waals surface area contributed by atoms with Gasteiger partial charge in [0.15, 0.2) is 11.6 Å². The van der Waals surface area contributed by atoms with E-state index in [0.29, 0.717) is 79.7 Å². The lowest BCUT2D eigenvalue weighted by molar-refractivity contribution is -0.141. The number of anilines is 1. The minimum Gasteiger partial charge on any atom is -0.384 e. The predicted molar refractivity (Wildman–Crippen MR) is 213 cm³/mol. The Balaban J connectivity index is 1.27. The normalized spacial score (nSPS) is 16.7. The number of fused-ring (bicyclic) bond motifs is 2. The summed E-state index contributed by atoms with van der Waals surface area (Å²) in [5, 5.41) is 16.5. The van der Waals surface area contributed by atoms with Gasteiger partial charge in [-0.15, -0.1) is 0 Å². The maximum atomic E-state index is 13.8. The van der Waals surface area contributed by atoms with Crippen LogP contribution < -0.4 is 37.6 Å². The first-order valence-electron chi connectivity index (χ1n) is 19.7. The third kappa shape index (κ3) is 11.5. The molecule has 0 saturated carbocycles. The Kier molecular flexibility index (Phi) is 15.9. The molecule has 1 aliphatic carbocycles. The number of hydrogen-bond acceptors (Lipinski definition) is 10. The van der Waals surface area contributed by atoms with Crippen molar-refractivity contribution in [1.29, 1.82) is 0 Å². The van der Waals surface area contributed by atoms with Crippen LogP contribution in [0.2, 0.25) is 0 Å². The summed E-state index contributed by atoms with van der Waals surface area (Å²) in [7, 11) is 0. The Bertz CT molecular complexity index is 1850. The second-order valence-corrected chi connectivity index (χ2v) is 15.0. The third-order valence-corrected chi connectivity index (χ3v) is 9.90. The number of rotatable bonds is 19. The van der Waals surface area contributed by atoms with E-state index < -0.39 is 66.3 Å². The molecule has 0 radical (unpaired) electrons. The van der Waals surface area contributed by atoms with Crippen LogP contribution in [0.1, 0.15) is 105 Å². The van der Waals surface area contributed by atoms with Crippen LogP contribution in [0, 0.1) is 5.92 Å². The number of ketones is 2. The van der Waals surface area contributed by atoms with Crippen molar-refractivity contribution in [3.63, 3.8) is 0 Å². The molecule has 1 saturated heterocycles. The first kappa shape index (κ1) is 44.1. The van der Waals surface area contributed by atoms with Crippen LogP contribution in [0.3, 0.4) is 0 Å². The highest BCUT2D eigenvalue weighted by Gasteiger charge is 2.38. The Morgan fingerprint density at radius 1 is 0.789 bits per heavy atom. The molecular weight excluding hydrogens is 732 g/mol. The highest BCUT2D eigenvalue weighted by atomic mass is 16.2. The molecule has 16 nitrogen and oxygen atoms in total. The lowest BCUT2D eigenvalue weighted by Crippen LogP contribution is -2.56. The maximum Gasteiger partial charge on any atom is 0.245 e. The number of carbonyl (C=O) groups is 8. The minimum absolute atomic E-state index is 0.0171. The molecule has 2 aromatic carbocycles. The third-order valence-electron chi connectivity index (χ3n) is 9.90. The molecule has 6 amide bonds. The van der Waals surface area contributed by atoms with E-state index in [-0.39, 0.29) is 29.8 Å². The number of nitrogens with zero attached hydrogens (tertiary/aromatic N) is 1.